The molecule has 0 aromatic heterocycles. The largest absolute Gasteiger partial charge is 0.491 e. The van der Waals surface area contributed by atoms with E-state index in [1.165, 1.54) is 0 Å². The molecular formula is C15H25N3O2. The van der Waals surface area contributed by atoms with E-state index in [0.29, 0.717) is 30.9 Å². The van der Waals surface area contributed by atoms with E-state index in [2.05, 4.69) is 10.2 Å². The van der Waals surface area contributed by atoms with Crippen LogP contribution in [0.5, 0.6) is 5.75 Å². The van der Waals surface area contributed by atoms with Crippen molar-refractivity contribution < 1.29 is 9.53 Å². The lowest BCUT2D eigenvalue weighted by Gasteiger charge is -2.10. The normalized spacial score (nSPS) is 10.6. The zero-order valence-electron chi connectivity index (χ0n) is 12.4. The van der Waals surface area contributed by atoms with Gasteiger partial charge in [-0.3, -0.25) is 4.79 Å². The highest BCUT2D eigenvalue weighted by Crippen LogP contribution is 2.19. The zero-order valence-corrected chi connectivity index (χ0v) is 12.4. The van der Waals surface area contributed by atoms with Crippen LogP contribution in [0.3, 0.4) is 0 Å². The van der Waals surface area contributed by atoms with Crippen LogP contribution < -0.4 is 15.8 Å². The quantitative estimate of drug-likeness (QED) is 0.531. The number of nitrogens with two attached hydrogens (primary N) is 1. The first kappa shape index (κ1) is 16.3. The summed E-state index contributed by atoms with van der Waals surface area (Å²) in [5.41, 5.74) is 6.39. The molecule has 5 heteroatoms. The average Bonchev–Trinajstić information content (AvgIpc) is 2.41. The summed E-state index contributed by atoms with van der Waals surface area (Å²) in [5, 5.41) is 2.90. The fourth-order valence-corrected chi connectivity index (χ4v) is 1.74. The number of rotatable bonds is 9. The number of nitrogens with zero attached hydrogens (tertiary/aromatic N) is 1. The predicted molar refractivity (Wildman–Crippen MR) is 81.8 cm³/mol. The third-order valence-electron chi connectivity index (χ3n) is 2.83. The predicted octanol–water partition coefficient (Wildman–Crippen LogP) is 1.50. The van der Waals surface area contributed by atoms with Gasteiger partial charge in [0.25, 0.3) is 0 Å². The molecule has 0 unspecified atom stereocenters. The van der Waals surface area contributed by atoms with Gasteiger partial charge in [0.1, 0.15) is 5.75 Å². The van der Waals surface area contributed by atoms with E-state index >= 15 is 0 Å². The molecule has 112 valence electrons. The molecule has 0 atom stereocenters. The van der Waals surface area contributed by atoms with E-state index in [4.69, 9.17) is 10.5 Å². The standard InChI is InChI=1S/C15H25N3O2/c1-18(2)11-6-10-17-15(19)9-5-12-20-14-8-4-3-7-13(14)16/h3-4,7-8H,5-6,9-12,16H2,1-2H3,(H,17,19). The molecule has 0 saturated carbocycles. The van der Waals surface area contributed by atoms with Crippen LogP contribution in [0.1, 0.15) is 19.3 Å². The number of para-hydroxylation sites is 2. The van der Waals surface area contributed by atoms with Crippen molar-refractivity contribution in [1.29, 1.82) is 0 Å². The van der Waals surface area contributed by atoms with Crippen molar-refractivity contribution >= 4 is 11.6 Å². The van der Waals surface area contributed by atoms with Gasteiger partial charge in [-0.2, -0.15) is 0 Å². The van der Waals surface area contributed by atoms with Crippen molar-refractivity contribution in [2.75, 3.05) is 39.5 Å². The second-order valence-electron chi connectivity index (χ2n) is 5.00. The minimum absolute atomic E-state index is 0.0772. The Balaban J connectivity index is 2.06. The minimum atomic E-state index is 0.0772. The molecule has 0 heterocycles. The van der Waals surface area contributed by atoms with E-state index in [1.807, 2.05) is 32.3 Å². The minimum Gasteiger partial charge on any atom is -0.491 e. The number of carbonyl (C=O) groups is 1. The van der Waals surface area contributed by atoms with Crippen molar-refractivity contribution in [2.24, 2.45) is 0 Å². The molecule has 0 radical (unpaired) electrons. The smallest absolute Gasteiger partial charge is 0.220 e. The number of hydrogen-bond donors (Lipinski definition) is 2. The number of anilines is 1. The molecule has 5 nitrogen and oxygen atoms in total. The van der Waals surface area contributed by atoms with Gasteiger partial charge in [-0.05, 0) is 45.6 Å². The van der Waals surface area contributed by atoms with Crippen molar-refractivity contribution in [3.05, 3.63) is 24.3 Å². The van der Waals surface area contributed by atoms with Gasteiger partial charge in [0, 0.05) is 13.0 Å². The monoisotopic (exact) mass is 279 g/mol. The third kappa shape index (κ3) is 6.99. The van der Waals surface area contributed by atoms with Gasteiger partial charge >= 0.3 is 0 Å². The number of carbonyl (C=O) groups excluding carboxylic acids is 1. The summed E-state index contributed by atoms with van der Waals surface area (Å²) in [6, 6.07) is 7.37. The van der Waals surface area contributed by atoms with Crippen LogP contribution in [-0.4, -0.2) is 44.6 Å². The molecule has 20 heavy (non-hydrogen) atoms. The van der Waals surface area contributed by atoms with Gasteiger partial charge in [-0.25, -0.2) is 0 Å². The lowest BCUT2D eigenvalue weighted by Crippen LogP contribution is -2.27. The Hall–Kier alpha value is -1.75. The van der Waals surface area contributed by atoms with E-state index in [0.717, 1.165) is 19.5 Å². The Morgan fingerprint density at radius 1 is 1.30 bits per heavy atom. The van der Waals surface area contributed by atoms with Gasteiger partial charge in [-0.15, -0.1) is 0 Å². The first-order valence-corrected chi connectivity index (χ1v) is 6.98. The van der Waals surface area contributed by atoms with E-state index in [9.17, 15) is 4.79 Å². The molecule has 0 spiro atoms. The highest BCUT2D eigenvalue weighted by atomic mass is 16.5. The molecule has 0 aliphatic heterocycles. The van der Waals surface area contributed by atoms with Gasteiger partial charge in [0.15, 0.2) is 0 Å². The molecular weight excluding hydrogens is 254 g/mol. The maximum Gasteiger partial charge on any atom is 0.220 e. The Bertz CT molecular complexity index is 408. The summed E-state index contributed by atoms with van der Waals surface area (Å²) in [5.74, 6) is 0.757. The molecule has 1 aromatic rings. The lowest BCUT2D eigenvalue weighted by molar-refractivity contribution is -0.121. The fraction of sp³-hybridized carbons (Fsp3) is 0.533. The summed E-state index contributed by atoms with van der Waals surface area (Å²) in [7, 11) is 4.04. The van der Waals surface area contributed by atoms with E-state index < -0.39 is 0 Å². The maximum absolute atomic E-state index is 11.6. The first-order chi connectivity index (χ1) is 9.59. The van der Waals surface area contributed by atoms with E-state index in [-0.39, 0.29) is 5.91 Å². The first-order valence-electron chi connectivity index (χ1n) is 6.98. The molecule has 0 bridgehead atoms. The number of amides is 1. The SMILES string of the molecule is CN(C)CCCNC(=O)CCCOc1ccccc1N. The van der Waals surface area contributed by atoms with Gasteiger partial charge < -0.3 is 20.7 Å². The Morgan fingerprint density at radius 2 is 2.05 bits per heavy atom. The van der Waals surface area contributed by atoms with Crippen LogP contribution in [-0.2, 0) is 4.79 Å². The highest BCUT2D eigenvalue weighted by molar-refractivity contribution is 5.75. The molecule has 0 aliphatic carbocycles. The van der Waals surface area contributed by atoms with Crippen molar-refractivity contribution in [3.8, 4) is 5.75 Å². The topological polar surface area (TPSA) is 67.6 Å². The summed E-state index contributed by atoms with van der Waals surface area (Å²) in [4.78, 5) is 13.7. The van der Waals surface area contributed by atoms with Crippen LogP contribution >= 0.6 is 0 Å². The molecule has 0 aliphatic rings. The third-order valence-corrected chi connectivity index (χ3v) is 2.83. The molecule has 1 aromatic carbocycles. The number of nitrogens with one attached hydrogen (secondary N) is 1. The van der Waals surface area contributed by atoms with Crippen LogP contribution in [0.25, 0.3) is 0 Å². The van der Waals surface area contributed by atoms with E-state index in [1.54, 1.807) is 6.07 Å². The van der Waals surface area contributed by atoms with Crippen molar-refractivity contribution in [2.45, 2.75) is 19.3 Å². The van der Waals surface area contributed by atoms with Crippen LogP contribution in [0, 0.1) is 0 Å². The van der Waals surface area contributed by atoms with Crippen molar-refractivity contribution in [3.63, 3.8) is 0 Å². The molecule has 0 saturated heterocycles. The summed E-state index contributed by atoms with van der Waals surface area (Å²) in [6.07, 6.45) is 2.14. The van der Waals surface area contributed by atoms with Crippen molar-refractivity contribution in [1.82, 2.24) is 10.2 Å². The molecule has 3 N–H and O–H groups in total. The van der Waals surface area contributed by atoms with Gasteiger partial charge in [-0.1, -0.05) is 12.1 Å². The summed E-state index contributed by atoms with van der Waals surface area (Å²) < 4.78 is 5.53. The van der Waals surface area contributed by atoms with Gasteiger partial charge in [0.05, 0.1) is 12.3 Å². The number of ether oxygens (including phenoxy) is 1. The lowest BCUT2D eigenvalue weighted by atomic mass is 10.3. The number of nitrogen functional groups attached to an aromatic ring is 1. The number of hydrogen-bond acceptors (Lipinski definition) is 4. The van der Waals surface area contributed by atoms with Crippen LogP contribution in [0.4, 0.5) is 5.69 Å². The average molecular weight is 279 g/mol. The van der Waals surface area contributed by atoms with Gasteiger partial charge in [0.2, 0.25) is 5.91 Å². The van der Waals surface area contributed by atoms with Crippen LogP contribution in [0.2, 0.25) is 0 Å². The zero-order chi connectivity index (χ0) is 14.8. The molecule has 0 fully saturated rings. The second-order valence-corrected chi connectivity index (χ2v) is 5.00. The second kappa shape index (κ2) is 9.20. The summed E-state index contributed by atoms with van der Waals surface area (Å²) in [6.45, 7) is 2.21. The molecule has 1 amide bonds. The maximum atomic E-state index is 11.6. The molecule has 1 rings (SSSR count). The Kier molecular flexibility index (Phi) is 7.50. The highest BCUT2D eigenvalue weighted by Gasteiger charge is 2.02. The van der Waals surface area contributed by atoms with Crippen LogP contribution in [0.15, 0.2) is 24.3 Å². The Labute approximate surface area is 121 Å². The number of benzene rings is 1. The fourth-order valence-electron chi connectivity index (χ4n) is 1.74. The summed E-state index contributed by atoms with van der Waals surface area (Å²) >= 11 is 0. The Morgan fingerprint density at radius 3 is 2.75 bits per heavy atom.